The molecular weight excluding hydrogens is 368 g/mol. The number of nitrogens with one attached hydrogen (secondary N) is 1. The van der Waals surface area contributed by atoms with Crippen molar-refractivity contribution in [2.24, 2.45) is 0 Å². The first-order valence-electron chi connectivity index (χ1n) is 10.1. The highest BCUT2D eigenvalue weighted by atomic mass is 16.5. The fraction of sp³-hybridized carbons (Fsp3) is 0.400. The van der Waals surface area contributed by atoms with Crippen LogP contribution in [0.2, 0.25) is 0 Å². The Morgan fingerprint density at radius 1 is 1.03 bits per heavy atom. The van der Waals surface area contributed by atoms with Crippen LogP contribution in [0.1, 0.15) is 12.8 Å². The van der Waals surface area contributed by atoms with Crippen molar-refractivity contribution in [3.8, 4) is 11.1 Å². The number of nitrogens with zero attached hydrogens (tertiary/aromatic N) is 7. The van der Waals surface area contributed by atoms with Gasteiger partial charge in [-0.25, -0.2) is 19.5 Å². The fourth-order valence-electron chi connectivity index (χ4n) is 4.29. The van der Waals surface area contributed by atoms with Crippen molar-refractivity contribution in [3.05, 3.63) is 43.2 Å². The number of anilines is 1. The molecule has 0 radical (unpaired) electrons. The summed E-state index contributed by atoms with van der Waals surface area (Å²) in [5.74, 6) is 1.36. The minimum Gasteiger partial charge on any atom is -0.379 e. The number of imidazole rings is 1. The lowest BCUT2D eigenvalue weighted by Gasteiger charge is -2.44. The van der Waals surface area contributed by atoms with Crippen molar-refractivity contribution < 1.29 is 4.74 Å². The number of hydrogen-bond acceptors (Lipinski definition) is 7. The predicted molar refractivity (Wildman–Crippen MR) is 108 cm³/mol. The lowest BCUT2D eigenvalue weighted by molar-refractivity contribution is -0.00443. The molecule has 0 aromatic carbocycles. The molecule has 4 aromatic heterocycles. The van der Waals surface area contributed by atoms with Crippen molar-refractivity contribution in [3.63, 3.8) is 0 Å². The Kier molecular flexibility index (Phi) is 3.95. The molecule has 5 heterocycles. The minimum atomic E-state index is 0.433. The second-order valence-electron chi connectivity index (χ2n) is 7.73. The van der Waals surface area contributed by atoms with Crippen molar-refractivity contribution in [2.75, 3.05) is 31.6 Å². The van der Waals surface area contributed by atoms with Crippen LogP contribution in [-0.4, -0.2) is 72.3 Å². The largest absolute Gasteiger partial charge is 0.379 e. The van der Waals surface area contributed by atoms with Gasteiger partial charge in [-0.05, 0) is 18.9 Å². The second kappa shape index (κ2) is 6.78. The molecule has 0 bridgehead atoms. The summed E-state index contributed by atoms with van der Waals surface area (Å²) in [6.07, 6.45) is 13.6. The molecule has 0 atom stereocenters. The zero-order valence-electron chi connectivity index (χ0n) is 16.0. The molecule has 0 amide bonds. The molecule has 0 spiro atoms. The van der Waals surface area contributed by atoms with Crippen molar-refractivity contribution in [1.82, 2.24) is 33.9 Å². The van der Waals surface area contributed by atoms with E-state index >= 15 is 0 Å². The van der Waals surface area contributed by atoms with Gasteiger partial charge in [0.1, 0.15) is 0 Å². The molecule has 2 aliphatic rings. The molecule has 1 aliphatic heterocycles. The quantitative estimate of drug-likeness (QED) is 0.568. The number of morpholine rings is 1. The topological polar surface area (TPSA) is 84.9 Å². The Balaban J connectivity index is 1.18. The van der Waals surface area contributed by atoms with Gasteiger partial charge in [0.2, 0.25) is 11.7 Å². The Morgan fingerprint density at radius 2 is 1.93 bits per heavy atom. The Labute approximate surface area is 167 Å². The Bertz CT molecular complexity index is 1160. The molecule has 2 fully saturated rings. The van der Waals surface area contributed by atoms with Gasteiger partial charge in [0.25, 0.3) is 0 Å². The third-order valence-corrected chi connectivity index (χ3v) is 5.98. The monoisotopic (exact) mass is 390 g/mol. The first kappa shape index (κ1) is 16.9. The lowest BCUT2D eigenvalue weighted by atomic mass is 9.85. The highest BCUT2D eigenvalue weighted by molar-refractivity contribution is 5.79. The van der Waals surface area contributed by atoms with Crippen LogP contribution in [0, 0.1) is 0 Å². The normalized spacial score (nSPS) is 22.8. The van der Waals surface area contributed by atoms with Crippen LogP contribution >= 0.6 is 0 Å². The highest BCUT2D eigenvalue weighted by Crippen LogP contribution is 2.29. The van der Waals surface area contributed by atoms with E-state index in [4.69, 9.17) is 4.74 Å². The number of hydrogen-bond donors (Lipinski definition) is 1. The maximum atomic E-state index is 5.44. The van der Waals surface area contributed by atoms with E-state index < -0.39 is 0 Å². The van der Waals surface area contributed by atoms with Crippen molar-refractivity contribution >= 4 is 17.2 Å². The SMILES string of the molecule is c1cn2cc(-c3ccn4nc(N[C@H]5C[C@H](N6CCOCC6)C5)ncc34)cnc2n1. The highest BCUT2D eigenvalue weighted by Gasteiger charge is 2.34. The average molecular weight is 390 g/mol. The molecule has 1 saturated carbocycles. The van der Waals surface area contributed by atoms with E-state index in [0.717, 1.165) is 55.8 Å². The summed E-state index contributed by atoms with van der Waals surface area (Å²) in [4.78, 5) is 15.7. The zero-order chi connectivity index (χ0) is 19.2. The maximum absolute atomic E-state index is 5.44. The van der Waals surface area contributed by atoms with Gasteiger partial charge in [-0.1, -0.05) is 0 Å². The Hall–Kier alpha value is -3.04. The van der Waals surface area contributed by atoms with Gasteiger partial charge in [-0.2, -0.15) is 0 Å². The summed E-state index contributed by atoms with van der Waals surface area (Å²) in [6, 6.07) is 3.14. The van der Waals surface area contributed by atoms with E-state index in [1.807, 2.05) is 46.0 Å². The van der Waals surface area contributed by atoms with E-state index in [1.54, 1.807) is 6.20 Å². The third kappa shape index (κ3) is 3.02. The molecule has 1 aliphatic carbocycles. The van der Waals surface area contributed by atoms with E-state index in [2.05, 4.69) is 30.3 Å². The van der Waals surface area contributed by atoms with Crippen molar-refractivity contribution in [1.29, 1.82) is 0 Å². The molecule has 1 N–H and O–H groups in total. The molecule has 4 aromatic rings. The summed E-state index contributed by atoms with van der Waals surface area (Å²) in [7, 11) is 0. The molecule has 9 heteroatoms. The molecular formula is C20H22N8O. The fourth-order valence-corrected chi connectivity index (χ4v) is 4.29. The standard InChI is InChI=1S/C20H22N8O/c1-3-28-18(17(1)14-11-23-20-21-2-4-27(20)13-14)12-22-19(25-28)24-15-9-16(10-15)26-5-7-29-8-6-26/h1-4,11-13,15-16H,5-10H2,(H,24,25)/t15-,16-. The van der Waals surface area contributed by atoms with Gasteiger partial charge in [-0.15, -0.1) is 5.10 Å². The van der Waals surface area contributed by atoms with Crippen LogP contribution < -0.4 is 5.32 Å². The maximum Gasteiger partial charge on any atom is 0.241 e. The van der Waals surface area contributed by atoms with Gasteiger partial charge in [0, 0.05) is 67.3 Å². The lowest BCUT2D eigenvalue weighted by Crippen LogP contribution is -2.53. The number of fused-ring (bicyclic) bond motifs is 2. The van der Waals surface area contributed by atoms with Gasteiger partial charge in [0.05, 0.1) is 24.9 Å². The molecule has 0 unspecified atom stereocenters. The smallest absolute Gasteiger partial charge is 0.241 e. The van der Waals surface area contributed by atoms with E-state index in [9.17, 15) is 0 Å². The van der Waals surface area contributed by atoms with Crippen LogP contribution in [0.3, 0.4) is 0 Å². The second-order valence-corrected chi connectivity index (χ2v) is 7.73. The first-order chi connectivity index (χ1) is 14.3. The van der Waals surface area contributed by atoms with E-state index in [-0.39, 0.29) is 0 Å². The van der Waals surface area contributed by atoms with Crippen LogP contribution in [0.5, 0.6) is 0 Å². The van der Waals surface area contributed by atoms with Crippen LogP contribution in [0.25, 0.3) is 22.4 Å². The zero-order valence-corrected chi connectivity index (χ0v) is 16.0. The summed E-state index contributed by atoms with van der Waals surface area (Å²) in [5.41, 5.74) is 3.02. The van der Waals surface area contributed by atoms with Gasteiger partial charge < -0.3 is 10.1 Å². The number of ether oxygens (including phenoxy) is 1. The molecule has 29 heavy (non-hydrogen) atoms. The summed E-state index contributed by atoms with van der Waals surface area (Å²) < 4.78 is 9.23. The van der Waals surface area contributed by atoms with Crippen molar-refractivity contribution in [2.45, 2.75) is 24.9 Å². The molecule has 148 valence electrons. The molecule has 1 saturated heterocycles. The van der Waals surface area contributed by atoms with E-state index in [1.165, 1.54) is 0 Å². The predicted octanol–water partition coefficient (Wildman–Crippen LogP) is 1.71. The van der Waals surface area contributed by atoms with Crippen LogP contribution in [0.4, 0.5) is 5.95 Å². The van der Waals surface area contributed by atoms with E-state index in [0.29, 0.717) is 23.8 Å². The first-order valence-corrected chi connectivity index (χ1v) is 10.1. The minimum absolute atomic E-state index is 0.433. The summed E-state index contributed by atoms with van der Waals surface area (Å²) in [6.45, 7) is 3.80. The van der Waals surface area contributed by atoms with Crippen LogP contribution in [-0.2, 0) is 4.74 Å². The van der Waals surface area contributed by atoms with Gasteiger partial charge >= 0.3 is 0 Å². The summed E-state index contributed by atoms with van der Waals surface area (Å²) in [5, 5.41) is 8.14. The molecule has 9 nitrogen and oxygen atoms in total. The Morgan fingerprint density at radius 3 is 2.83 bits per heavy atom. The molecule has 6 rings (SSSR count). The summed E-state index contributed by atoms with van der Waals surface area (Å²) >= 11 is 0. The average Bonchev–Trinajstić information content (AvgIpc) is 3.36. The number of rotatable bonds is 4. The third-order valence-electron chi connectivity index (χ3n) is 5.98. The van der Waals surface area contributed by atoms with Crippen LogP contribution in [0.15, 0.2) is 43.2 Å². The van der Waals surface area contributed by atoms with Gasteiger partial charge in [0.15, 0.2) is 0 Å². The van der Waals surface area contributed by atoms with Gasteiger partial charge in [-0.3, -0.25) is 9.30 Å². The number of aromatic nitrogens is 6.